The maximum Gasteiger partial charge on any atom is 0.265 e. The lowest BCUT2D eigenvalue weighted by Crippen LogP contribution is -2.40. The minimum atomic E-state index is -0.0605. The molecule has 1 fully saturated rings. The van der Waals surface area contributed by atoms with Crippen molar-refractivity contribution in [2.45, 2.75) is 56.5 Å². The summed E-state index contributed by atoms with van der Waals surface area (Å²) in [5, 5.41) is 3.72. The highest BCUT2D eigenvalue weighted by atomic mass is 35.5. The van der Waals surface area contributed by atoms with E-state index in [1.807, 2.05) is 78.9 Å². The van der Waals surface area contributed by atoms with Crippen molar-refractivity contribution in [3.05, 3.63) is 99.4 Å². The molecule has 0 spiro atoms. The fraction of sp³-hybridized carbons (Fsp3) is 0.333. The third kappa shape index (κ3) is 6.98. The summed E-state index contributed by atoms with van der Waals surface area (Å²) < 4.78 is 0. The van der Waals surface area contributed by atoms with Gasteiger partial charge in [-0.15, -0.1) is 0 Å². The molecule has 0 radical (unpaired) electrons. The van der Waals surface area contributed by atoms with E-state index >= 15 is 0 Å². The predicted molar refractivity (Wildman–Crippen MR) is 166 cm³/mol. The molecule has 0 aromatic heterocycles. The van der Waals surface area contributed by atoms with E-state index in [1.54, 1.807) is 4.90 Å². The molecule has 0 bridgehead atoms. The number of carbonyl (C=O) groups is 2. The van der Waals surface area contributed by atoms with Gasteiger partial charge in [-0.2, -0.15) is 0 Å². The normalized spacial score (nSPS) is 18.6. The molecule has 5 rings (SSSR count). The number of para-hydroxylation sites is 1. The molecule has 0 saturated carbocycles. The lowest BCUT2D eigenvalue weighted by molar-refractivity contribution is -0.114. The van der Waals surface area contributed by atoms with E-state index in [2.05, 4.69) is 17.1 Å². The smallest absolute Gasteiger partial charge is 0.265 e. The lowest BCUT2D eigenvalue weighted by Gasteiger charge is -2.35. The van der Waals surface area contributed by atoms with Crippen molar-refractivity contribution in [2.75, 3.05) is 24.5 Å². The minimum absolute atomic E-state index is 0.0514. The molecular formula is C33H36ClN3O2S. The highest BCUT2D eigenvalue weighted by molar-refractivity contribution is 8.04. The number of nitrogens with one attached hydrogen (secondary N) is 1. The monoisotopic (exact) mass is 573 g/mol. The lowest BCUT2D eigenvalue weighted by atomic mass is 10.00. The Balaban J connectivity index is 1.22. The van der Waals surface area contributed by atoms with Crippen LogP contribution in [-0.2, 0) is 11.3 Å². The number of benzene rings is 3. The highest BCUT2D eigenvalue weighted by Crippen LogP contribution is 2.42. The number of halogens is 1. The van der Waals surface area contributed by atoms with E-state index in [9.17, 15) is 9.59 Å². The summed E-state index contributed by atoms with van der Waals surface area (Å²) in [5.41, 5.74) is 3.37. The molecule has 1 saturated heterocycles. The summed E-state index contributed by atoms with van der Waals surface area (Å²) in [6.45, 7) is 5.58. The number of hydrogen-bond acceptors (Lipinski definition) is 4. The molecule has 7 heteroatoms. The van der Waals surface area contributed by atoms with Crippen molar-refractivity contribution in [3.63, 3.8) is 0 Å². The molecule has 3 aromatic rings. The van der Waals surface area contributed by atoms with Crippen LogP contribution in [0.4, 0.5) is 5.69 Å². The van der Waals surface area contributed by atoms with E-state index in [1.165, 1.54) is 44.0 Å². The first-order valence-corrected chi connectivity index (χ1v) is 15.4. The Morgan fingerprint density at radius 1 is 1.07 bits per heavy atom. The third-order valence-corrected chi connectivity index (χ3v) is 8.97. The number of hydrogen-bond donors (Lipinski definition) is 1. The number of nitrogens with zero attached hydrogens (tertiary/aromatic N) is 2. The first-order chi connectivity index (χ1) is 19.5. The van der Waals surface area contributed by atoms with Crippen LogP contribution in [0.2, 0.25) is 5.02 Å². The Hall–Kier alpha value is -3.06. The molecule has 0 aliphatic carbocycles. The van der Waals surface area contributed by atoms with Crippen LogP contribution in [0.5, 0.6) is 0 Å². The van der Waals surface area contributed by atoms with Crippen LogP contribution in [-0.4, -0.2) is 42.4 Å². The van der Waals surface area contributed by atoms with Crippen molar-refractivity contribution >= 4 is 46.9 Å². The largest absolute Gasteiger partial charge is 0.352 e. The van der Waals surface area contributed by atoms with Crippen molar-refractivity contribution in [1.29, 1.82) is 0 Å². The van der Waals surface area contributed by atoms with Gasteiger partial charge in [-0.25, -0.2) is 0 Å². The SMILES string of the molecule is CCC1CCCCN1CCCNC(=O)c1ccc(/C=C2/Sc3ccccc3N(Cc3cccc(Cl)c3)C2=O)cc1. The van der Waals surface area contributed by atoms with E-state index in [0.29, 0.717) is 34.6 Å². The maximum absolute atomic E-state index is 13.6. The Morgan fingerprint density at radius 2 is 1.90 bits per heavy atom. The number of piperidine rings is 1. The molecule has 2 aliphatic rings. The van der Waals surface area contributed by atoms with Gasteiger partial charge in [0.1, 0.15) is 0 Å². The molecular weight excluding hydrogens is 538 g/mol. The number of carbonyl (C=O) groups excluding carboxylic acids is 2. The number of amides is 2. The molecule has 2 aliphatic heterocycles. The molecule has 1 unspecified atom stereocenters. The molecule has 1 N–H and O–H groups in total. The summed E-state index contributed by atoms with van der Waals surface area (Å²) in [5.74, 6) is -0.112. The Kier molecular flexibility index (Phi) is 9.63. The Labute approximate surface area is 246 Å². The van der Waals surface area contributed by atoms with E-state index in [4.69, 9.17) is 11.6 Å². The van der Waals surface area contributed by atoms with Crippen LogP contribution in [0.15, 0.2) is 82.6 Å². The second-order valence-electron chi connectivity index (χ2n) is 10.4. The topological polar surface area (TPSA) is 52.7 Å². The standard InChI is InChI=1S/C33H36ClN3O2S/c1-2-28-11-5-6-19-36(28)20-8-18-35-32(38)26-16-14-24(15-17-26)22-31-33(39)37(23-25-9-7-10-27(34)21-25)29-12-3-4-13-30(29)40-31/h3-4,7,9-10,12-17,21-22,28H,2,5-6,8,11,18-20,23H2,1H3,(H,35,38)/b31-22+. The number of thioether (sulfide) groups is 1. The maximum atomic E-state index is 13.6. The van der Waals surface area contributed by atoms with Crippen LogP contribution >= 0.6 is 23.4 Å². The number of likely N-dealkylation sites (tertiary alicyclic amines) is 1. The summed E-state index contributed by atoms with van der Waals surface area (Å²) in [6, 6.07) is 23.7. The second kappa shape index (κ2) is 13.5. The van der Waals surface area contributed by atoms with Gasteiger partial charge in [0.15, 0.2) is 0 Å². The zero-order valence-electron chi connectivity index (χ0n) is 22.9. The molecule has 2 amide bonds. The zero-order valence-corrected chi connectivity index (χ0v) is 24.5. The third-order valence-electron chi connectivity index (χ3n) is 7.66. The number of anilines is 1. The molecule has 3 aromatic carbocycles. The Morgan fingerprint density at radius 3 is 2.70 bits per heavy atom. The fourth-order valence-electron chi connectivity index (χ4n) is 5.52. The van der Waals surface area contributed by atoms with Gasteiger partial charge in [0.05, 0.1) is 17.1 Å². The first kappa shape index (κ1) is 28.5. The zero-order chi connectivity index (χ0) is 27.9. The van der Waals surface area contributed by atoms with Gasteiger partial charge in [-0.05, 0) is 85.8 Å². The number of rotatable bonds is 9. The van der Waals surface area contributed by atoms with Crippen LogP contribution in [0.1, 0.15) is 60.5 Å². The molecule has 2 heterocycles. The van der Waals surface area contributed by atoms with Gasteiger partial charge in [0, 0.05) is 34.6 Å². The quantitative estimate of drug-likeness (QED) is 0.214. The summed E-state index contributed by atoms with van der Waals surface area (Å²) in [7, 11) is 0. The van der Waals surface area contributed by atoms with Crippen LogP contribution in [0.3, 0.4) is 0 Å². The van der Waals surface area contributed by atoms with Gasteiger partial charge in [0.2, 0.25) is 0 Å². The Bertz CT molecular complexity index is 1370. The van der Waals surface area contributed by atoms with Gasteiger partial charge in [0.25, 0.3) is 11.8 Å². The van der Waals surface area contributed by atoms with E-state index in [-0.39, 0.29) is 11.8 Å². The minimum Gasteiger partial charge on any atom is -0.352 e. The van der Waals surface area contributed by atoms with E-state index in [0.717, 1.165) is 34.7 Å². The van der Waals surface area contributed by atoms with Crippen LogP contribution < -0.4 is 10.2 Å². The van der Waals surface area contributed by atoms with Gasteiger partial charge in [-0.3, -0.25) is 9.59 Å². The predicted octanol–water partition coefficient (Wildman–Crippen LogP) is 7.40. The van der Waals surface area contributed by atoms with Crippen molar-refractivity contribution in [2.24, 2.45) is 0 Å². The van der Waals surface area contributed by atoms with Crippen molar-refractivity contribution in [3.8, 4) is 0 Å². The van der Waals surface area contributed by atoms with Gasteiger partial charge >= 0.3 is 0 Å². The average molecular weight is 574 g/mol. The molecule has 40 heavy (non-hydrogen) atoms. The molecule has 5 nitrogen and oxygen atoms in total. The summed E-state index contributed by atoms with van der Waals surface area (Å²) in [6.07, 6.45) is 7.96. The van der Waals surface area contributed by atoms with Gasteiger partial charge in [-0.1, -0.05) is 73.1 Å². The molecule has 208 valence electrons. The van der Waals surface area contributed by atoms with Crippen LogP contribution in [0, 0.1) is 0 Å². The fourth-order valence-corrected chi connectivity index (χ4v) is 6.79. The van der Waals surface area contributed by atoms with Crippen molar-refractivity contribution < 1.29 is 9.59 Å². The average Bonchev–Trinajstić information content (AvgIpc) is 2.98. The van der Waals surface area contributed by atoms with E-state index < -0.39 is 0 Å². The van der Waals surface area contributed by atoms with Crippen LogP contribution in [0.25, 0.3) is 6.08 Å². The highest BCUT2D eigenvalue weighted by Gasteiger charge is 2.29. The summed E-state index contributed by atoms with van der Waals surface area (Å²) in [4.78, 5) is 32.4. The molecule has 1 atom stereocenters. The number of fused-ring (bicyclic) bond motifs is 1. The first-order valence-electron chi connectivity index (χ1n) is 14.2. The summed E-state index contributed by atoms with van der Waals surface area (Å²) >= 11 is 7.67. The second-order valence-corrected chi connectivity index (χ2v) is 11.9. The van der Waals surface area contributed by atoms with Crippen molar-refractivity contribution in [1.82, 2.24) is 10.2 Å². The van der Waals surface area contributed by atoms with Gasteiger partial charge < -0.3 is 15.1 Å².